The van der Waals surface area contributed by atoms with Crippen molar-refractivity contribution in [2.24, 2.45) is 0 Å². The zero-order valence-electron chi connectivity index (χ0n) is 10.2. The number of nitriles is 1. The summed E-state index contributed by atoms with van der Waals surface area (Å²) in [5.74, 6) is 0. The predicted octanol–water partition coefficient (Wildman–Crippen LogP) is 5.09. The standard InChI is InChI=1S/C15H9ClF3N/c16-14-10(7-8-20)3-2-6-13(14)11-4-1-5-12(9-11)15(17,18)19/h1-6,9H,7H2. The van der Waals surface area contributed by atoms with E-state index in [1.165, 1.54) is 6.07 Å². The average molecular weight is 296 g/mol. The number of hydrogen-bond donors (Lipinski definition) is 0. The van der Waals surface area contributed by atoms with Crippen LogP contribution in [0.25, 0.3) is 11.1 Å². The molecule has 0 N–H and O–H groups in total. The van der Waals surface area contributed by atoms with Crippen molar-refractivity contribution in [1.82, 2.24) is 0 Å². The second kappa shape index (κ2) is 5.56. The minimum Gasteiger partial charge on any atom is -0.198 e. The zero-order valence-corrected chi connectivity index (χ0v) is 11.0. The molecule has 0 aliphatic rings. The highest BCUT2D eigenvalue weighted by Gasteiger charge is 2.30. The van der Waals surface area contributed by atoms with Gasteiger partial charge in [-0.05, 0) is 23.3 Å². The first-order valence-corrected chi connectivity index (χ1v) is 6.13. The minimum atomic E-state index is -4.40. The third-order valence-corrected chi connectivity index (χ3v) is 3.30. The minimum absolute atomic E-state index is 0.117. The van der Waals surface area contributed by atoms with Gasteiger partial charge in [0.2, 0.25) is 0 Å². The smallest absolute Gasteiger partial charge is 0.198 e. The summed E-state index contributed by atoms with van der Waals surface area (Å²) in [5.41, 5.74) is 0.746. The maximum Gasteiger partial charge on any atom is 0.416 e. The highest BCUT2D eigenvalue weighted by Crippen LogP contribution is 2.35. The Kier molecular flexibility index (Phi) is 4.01. The van der Waals surface area contributed by atoms with Crippen LogP contribution in [0.2, 0.25) is 5.02 Å². The Bertz CT molecular complexity index is 672. The summed E-state index contributed by atoms with van der Waals surface area (Å²) in [6.07, 6.45) is -4.28. The molecule has 1 nitrogen and oxygen atoms in total. The second-order valence-electron chi connectivity index (χ2n) is 4.19. The molecule has 2 aromatic rings. The van der Waals surface area contributed by atoms with Gasteiger partial charge in [-0.15, -0.1) is 0 Å². The lowest BCUT2D eigenvalue weighted by Crippen LogP contribution is -2.04. The SMILES string of the molecule is N#CCc1cccc(-c2cccc(C(F)(F)F)c2)c1Cl. The number of halogens is 4. The van der Waals surface area contributed by atoms with Crippen LogP contribution in [0.5, 0.6) is 0 Å². The molecule has 0 saturated carbocycles. The molecule has 0 fully saturated rings. The summed E-state index contributed by atoms with van der Waals surface area (Å²) in [6.45, 7) is 0. The van der Waals surface area contributed by atoms with Gasteiger partial charge in [0.25, 0.3) is 0 Å². The molecule has 102 valence electrons. The van der Waals surface area contributed by atoms with Crippen molar-refractivity contribution in [3.8, 4) is 17.2 Å². The Balaban J connectivity index is 2.53. The van der Waals surface area contributed by atoms with E-state index in [1.807, 2.05) is 6.07 Å². The van der Waals surface area contributed by atoms with E-state index in [2.05, 4.69) is 0 Å². The van der Waals surface area contributed by atoms with Gasteiger partial charge in [0.15, 0.2) is 0 Å². The molecule has 2 aromatic carbocycles. The predicted molar refractivity (Wildman–Crippen MR) is 71.2 cm³/mol. The second-order valence-corrected chi connectivity index (χ2v) is 4.57. The molecule has 20 heavy (non-hydrogen) atoms. The molecule has 0 spiro atoms. The van der Waals surface area contributed by atoms with Crippen molar-refractivity contribution < 1.29 is 13.2 Å². The van der Waals surface area contributed by atoms with Crippen LogP contribution in [0.3, 0.4) is 0 Å². The van der Waals surface area contributed by atoms with Crippen LogP contribution in [-0.2, 0) is 12.6 Å². The maximum absolute atomic E-state index is 12.7. The van der Waals surface area contributed by atoms with Gasteiger partial charge >= 0.3 is 6.18 Å². The van der Waals surface area contributed by atoms with Crippen molar-refractivity contribution >= 4 is 11.6 Å². The number of rotatable bonds is 2. The first-order valence-electron chi connectivity index (χ1n) is 5.75. The van der Waals surface area contributed by atoms with Gasteiger partial charge in [-0.2, -0.15) is 18.4 Å². The third kappa shape index (κ3) is 2.94. The van der Waals surface area contributed by atoms with Gasteiger partial charge < -0.3 is 0 Å². The Morgan fingerprint density at radius 3 is 2.45 bits per heavy atom. The molecule has 0 aromatic heterocycles. The molecule has 0 aliphatic carbocycles. The molecule has 0 radical (unpaired) electrons. The molecule has 5 heteroatoms. The quantitative estimate of drug-likeness (QED) is 0.757. The molecular weight excluding hydrogens is 287 g/mol. The van der Waals surface area contributed by atoms with Gasteiger partial charge in [-0.3, -0.25) is 0 Å². The molecule has 0 atom stereocenters. The molecule has 0 amide bonds. The summed E-state index contributed by atoms with van der Waals surface area (Å²) >= 11 is 6.16. The van der Waals surface area contributed by atoms with E-state index in [0.717, 1.165) is 12.1 Å². The van der Waals surface area contributed by atoms with Crippen LogP contribution in [0.1, 0.15) is 11.1 Å². The van der Waals surface area contributed by atoms with E-state index in [4.69, 9.17) is 16.9 Å². The Morgan fingerprint density at radius 1 is 1.10 bits per heavy atom. The fraction of sp³-hybridized carbons (Fsp3) is 0.133. The lowest BCUT2D eigenvalue weighted by molar-refractivity contribution is -0.137. The summed E-state index contributed by atoms with van der Waals surface area (Å²) in [4.78, 5) is 0. The van der Waals surface area contributed by atoms with E-state index in [9.17, 15) is 13.2 Å². The first-order chi connectivity index (χ1) is 9.43. The Labute approximate surface area is 119 Å². The molecule has 0 unspecified atom stereocenters. The van der Waals surface area contributed by atoms with Gasteiger partial charge in [-0.25, -0.2) is 0 Å². The molecule has 0 bridgehead atoms. The fourth-order valence-corrected chi connectivity index (χ4v) is 2.19. The number of hydrogen-bond acceptors (Lipinski definition) is 1. The van der Waals surface area contributed by atoms with E-state index >= 15 is 0 Å². The van der Waals surface area contributed by atoms with E-state index in [-0.39, 0.29) is 6.42 Å². The van der Waals surface area contributed by atoms with Gasteiger partial charge in [0.1, 0.15) is 0 Å². The van der Waals surface area contributed by atoms with Crippen molar-refractivity contribution in [1.29, 1.82) is 5.26 Å². The molecule has 2 rings (SSSR count). The number of nitrogens with zero attached hydrogens (tertiary/aromatic N) is 1. The third-order valence-electron chi connectivity index (χ3n) is 2.85. The van der Waals surface area contributed by atoms with Crippen molar-refractivity contribution in [2.45, 2.75) is 12.6 Å². The van der Waals surface area contributed by atoms with E-state index < -0.39 is 11.7 Å². The molecule has 0 saturated heterocycles. The molecule has 0 aliphatic heterocycles. The van der Waals surface area contributed by atoms with Gasteiger partial charge in [0, 0.05) is 5.56 Å². The molecule has 0 heterocycles. The first kappa shape index (κ1) is 14.4. The van der Waals surface area contributed by atoms with Crippen LogP contribution in [0.15, 0.2) is 42.5 Å². The summed E-state index contributed by atoms with van der Waals surface area (Å²) in [5, 5.41) is 9.01. The van der Waals surface area contributed by atoms with Crippen molar-refractivity contribution in [2.75, 3.05) is 0 Å². The van der Waals surface area contributed by atoms with Crippen LogP contribution in [0.4, 0.5) is 13.2 Å². The van der Waals surface area contributed by atoms with Crippen LogP contribution in [-0.4, -0.2) is 0 Å². The van der Waals surface area contributed by atoms with Crippen LogP contribution < -0.4 is 0 Å². The molecular formula is C15H9ClF3N. The van der Waals surface area contributed by atoms with Crippen molar-refractivity contribution in [3.05, 3.63) is 58.6 Å². The van der Waals surface area contributed by atoms with Crippen molar-refractivity contribution in [3.63, 3.8) is 0 Å². The largest absolute Gasteiger partial charge is 0.416 e. The summed E-state index contributed by atoms with van der Waals surface area (Å²) < 4.78 is 38.1. The summed E-state index contributed by atoms with van der Waals surface area (Å²) in [6, 6.07) is 11.9. The topological polar surface area (TPSA) is 23.8 Å². The number of alkyl halides is 3. The normalized spacial score (nSPS) is 11.2. The van der Waals surface area contributed by atoms with Gasteiger partial charge in [-0.1, -0.05) is 41.9 Å². The highest BCUT2D eigenvalue weighted by molar-refractivity contribution is 6.34. The monoisotopic (exact) mass is 295 g/mol. The van der Waals surface area contributed by atoms with E-state index in [0.29, 0.717) is 21.7 Å². The van der Waals surface area contributed by atoms with Crippen LogP contribution in [0, 0.1) is 11.3 Å². The highest BCUT2D eigenvalue weighted by atomic mass is 35.5. The fourth-order valence-electron chi connectivity index (χ4n) is 1.89. The van der Waals surface area contributed by atoms with Crippen LogP contribution >= 0.6 is 11.6 Å². The number of benzene rings is 2. The Morgan fingerprint density at radius 2 is 1.80 bits per heavy atom. The Hall–Kier alpha value is -1.99. The maximum atomic E-state index is 12.7. The zero-order chi connectivity index (χ0) is 14.8. The lowest BCUT2D eigenvalue weighted by atomic mass is 10.00. The van der Waals surface area contributed by atoms with E-state index in [1.54, 1.807) is 24.3 Å². The average Bonchev–Trinajstić information content (AvgIpc) is 2.41. The lowest BCUT2D eigenvalue weighted by Gasteiger charge is -2.11. The summed E-state index contributed by atoms with van der Waals surface area (Å²) in [7, 11) is 0. The van der Waals surface area contributed by atoms with Gasteiger partial charge in [0.05, 0.1) is 23.1 Å².